The molecule has 0 saturated heterocycles. The first kappa shape index (κ1) is 19.8. The Morgan fingerprint density at radius 1 is 0.800 bits per heavy atom. The fraction of sp³-hybridized carbons (Fsp3) is 0.267. The summed E-state index contributed by atoms with van der Waals surface area (Å²) in [6.07, 6.45) is 1.54. The minimum atomic E-state index is -6.31. The van der Waals surface area contributed by atoms with E-state index in [2.05, 4.69) is 4.98 Å². The van der Waals surface area contributed by atoms with Gasteiger partial charge in [0.2, 0.25) is 0 Å². The fourth-order valence-corrected chi connectivity index (χ4v) is 2.31. The summed E-state index contributed by atoms with van der Waals surface area (Å²) in [7, 11) is 0. The number of pyridine rings is 1. The van der Waals surface area contributed by atoms with Gasteiger partial charge >= 0.3 is 17.8 Å². The van der Waals surface area contributed by atoms with Crippen molar-refractivity contribution in [1.29, 1.82) is 0 Å². The molecule has 3 rings (SSSR count). The van der Waals surface area contributed by atoms with E-state index in [-0.39, 0.29) is 25.5 Å². The van der Waals surface area contributed by atoms with Crippen LogP contribution in [0.15, 0.2) is 36.5 Å². The Hall–Kier alpha value is -1.54. The van der Waals surface area contributed by atoms with Crippen LogP contribution in [0.3, 0.4) is 0 Å². The third-order valence-electron chi connectivity index (χ3n) is 3.67. The molecule has 1 radical (unpaired) electrons. The maximum Gasteiger partial charge on any atom is 0.378 e. The molecule has 0 spiro atoms. The fourth-order valence-electron chi connectivity index (χ4n) is 2.31. The Bertz CT molecular complexity index is 846. The van der Waals surface area contributed by atoms with Gasteiger partial charge in [-0.1, -0.05) is 30.0 Å². The van der Waals surface area contributed by atoms with Gasteiger partial charge < -0.3 is 4.98 Å². The number of rotatable bonds is 1. The summed E-state index contributed by atoms with van der Waals surface area (Å²) in [5.74, 6) is -23.8. The molecule has 0 fully saturated rings. The quantitative estimate of drug-likeness (QED) is 0.365. The molecule has 1 aliphatic rings. The zero-order valence-electron chi connectivity index (χ0n) is 11.8. The van der Waals surface area contributed by atoms with Gasteiger partial charge in [-0.05, 0) is 10.8 Å². The molecule has 1 aliphatic carbocycles. The number of fused-ring (bicyclic) bond motifs is 1. The molecule has 1 aromatic heterocycles. The smallest absolute Gasteiger partial charge is 0.350 e. The zero-order chi connectivity index (χ0) is 18.0. The summed E-state index contributed by atoms with van der Waals surface area (Å²) < 4.78 is 108. The van der Waals surface area contributed by atoms with Gasteiger partial charge in [0, 0.05) is 26.3 Å². The van der Waals surface area contributed by atoms with Crippen molar-refractivity contribution in [2.75, 3.05) is 0 Å². The molecular weight excluding hydrogens is 538 g/mol. The molecule has 0 amide bonds. The molecule has 2 aromatic rings. The maximum absolute atomic E-state index is 13.9. The van der Waals surface area contributed by atoms with E-state index in [1.165, 1.54) is 18.2 Å². The molecule has 1 heterocycles. The van der Waals surface area contributed by atoms with E-state index in [1.54, 1.807) is 6.07 Å². The van der Waals surface area contributed by atoms with E-state index in [9.17, 15) is 35.1 Å². The first-order chi connectivity index (χ1) is 10.9. The Morgan fingerprint density at radius 2 is 1.36 bits per heavy atom. The summed E-state index contributed by atoms with van der Waals surface area (Å²) in [6.45, 7) is 0. The first-order valence-electron chi connectivity index (χ1n) is 6.44. The van der Waals surface area contributed by atoms with Gasteiger partial charge in [0.25, 0.3) is 5.92 Å². The number of halogens is 8. The first-order valence-corrected chi connectivity index (χ1v) is 6.44. The molecule has 0 bridgehead atoms. The van der Waals surface area contributed by atoms with E-state index in [0.29, 0.717) is 11.5 Å². The van der Waals surface area contributed by atoms with Crippen molar-refractivity contribution in [2.24, 2.45) is 0 Å². The molecule has 25 heavy (non-hydrogen) atoms. The topological polar surface area (TPSA) is 12.9 Å². The van der Waals surface area contributed by atoms with Crippen LogP contribution in [0, 0.1) is 6.08 Å². The van der Waals surface area contributed by atoms with E-state index < -0.39 is 35.0 Å². The van der Waals surface area contributed by atoms with Gasteiger partial charge in [-0.2, -0.15) is 32.4 Å². The van der Waals surface area contributed by atoms with Crippen LogP contribution in [0.4, 0.5) is 35.1 Å². The number of aromatic nitrogens is 1. The molecular formula is C15H6F8IrN-. The van der Waals surface area contributed by atoms with Crippen molar-refractivity contribution in [3.8, 4) is 0 Å². The summed E-state index contributed by atoms with van der Waals surface area (Å²) in [6, 6.07) is 6.81. The number of hydrogen-bond donors (Lipinski definition) is 0. The Kier molecular flexibility index (Phi) is 4.54. The van der Waals surface area contributed by atoms with Crippen LogP contribution in [-0.2, 0) is 20.1 Å². The number of nitrogens with zero attached hydrogens (tertiary/aromatic N) is 1. The number of benzene rings is 1. The molecule has 1 aromatic carbocycles. The monoisotopic (exact) mass is 545 g/mol. The minimum Gasteiger partial charge on any atom is -0.350 e. The minimum absolute atomic E-state index is 0. The van der Waals surface area contributed by atoms with E-state index >= 15 is 0 Å². The van der Waals surface area contributed by atoms with Gasteiger partial charge in [0.05, 0.1) is 0 Å². The van der Waals surface area contributed by atoms with E-state index in [0.717, 1.165) is 12.3 Å². The van der Waals surface area contributed by atoms with E-state index in [1.807, 2.05) is 0 Å². The van der Waals surface area contributed by atoms with Crippen molar-refractivity contribution in [2.45, 2.75) is 23.7 Å². The number of alkyl halides is 8. The van der Waals surface area contributed by atoms with Crippen LogP contribution in [-0.4, -0.2) is 28.7 Å². The van der Waals surface area contributed by atoms with Crippen molar-refractivity contribution in [3.05, 3.63) is 48.3 Å². The predicted octanol–water partition coefficient (Wildman–Crippen LogP) is 4.97. The molecule has 0 atom stereocenters. The van der Waals surface area contributed by atoms with Crippen molar-refractivity contribution in [3.63, 3.8) is 0 Å². The number of hydrogen-bond acceptors (Lipinski definition) is 1. The molecule has 1 nitrogen and oxygen atoms in total. The molecule has 0 unspecified atom stereocenters. The summed E-state index contributed by atoms with van der Waals surface area (Å²) >= 11 is 0. The van der Waals surface area contributed by atoms with Gasteiger partial charge in [0.1, 0.15) is 0 Å². The van der Waals surface area contributed by atoms with Gasteiger partial charge in [-0.25, -0.2) is 8.78 Å². The van der Waals surface area contributed by atoms with Crippen LogP contribution in [0.2, 0.25) is 0 Å². The third kappa shape index (κ3) is 2.57. The molecule has 10 heteroatoms. The molecule has 0 aliphatic heterocycles. The summed E-state index contributed by atoms with van der Waals surface area (Å²) in [5, 5.41) is 0.654. The Balaban J connectivity index is 0.00000225. The average molecular weight is 544 g/mol. The Morgan fingerprint density at radius 3 is 1.96 bits per heavy atom. The molecule has 0 saturated carbocycles. The maximum atomic E-state index is 13.9. The van der Waals surface area contributed by atoms with Gasteiger partial charge in [-0.15, -0.1) is 11.6 Å². The normalized spacial score (nSPS) is 22.8. The Labute approximate surface area is 149 Å². The van der Waals surface area contributed by atoms with Crippen LogP contribution >= 0.6 is 0 Å². The predicted molar refractivity (Wildman–Crippen MR) is 68.2 cm³/mol. The van der Waals surface area contributed by atoms with Crippen molar-refractivity contribution < 1.29 is 55.2 Å². The molecule has 0 N–H and O–H groups in total. The van der Waals surface area contributed by atoms with Gasteiger partial charge in [0.15, 0.2) is 0 Å². The SMILES string of the molecule is FC1(F)[C-]=C(c2cc3ccccc3cn2)C(F)(F)C(F)(F)C1(F)F.[Ir]. The third-order valence-corrected chi connectivity index (χ3v) is 3.67. The summed E-state index contributed by atoms with van der Waals surface area (Å²) in [5.41, 5.74) is -3.04. The number of allylic oxidation sites excluding steroid dienone is 2. The summed E-state index contributed by atoms with van der Waals surface area (Å²) in [4.78, 5) is 3.41. The molecule has 137 valence electrons. The van der Waals surface area contributed by atoms with Gasteiger partial charge in [-0.3, -0.25) is 0 Å². The van der Waals surface area contributed by atoms with Crippen LogP contribution < -0.4 is 0 Å². The average Bonchev–Trinajstić information content (AvgIpc) is 2.50. The second-order valence-electron chi connectivity index (χ2n) is 5.21. The van der Waals surface area contributed by atoms with Crippen LogP contribution in [0.25, 0.3) is 16.3 Å². The second-order valence-corrected chi connectivity index (χ2v) is 5.21. The standard InChI is InChI=1S/C15H6F8N.Ir/c16-12(17)6-10(13(18,19)15(22,23)14(12,20)21)11-5-8-3-1-2-4-9(8)7-24-11;/h1-5,7H;/q-1;. The van der Waals surface area contributed by atoms with E-state index in [4.69, 9.17) is 0 Å². The van der Waals surface area contributed by atoms with Crippen LogP contribution in [0.5, 0.6) is 0 Å². The van der Waals surface area contributed by atoms with Crippen molar-refractivity contribution >= 4 is 16.3 Å². The zero-order valence-corrected chi connectivity index (χ0v) is 14.2. The second kappa shape index (κ2) is 5.74. The largest absolute Gasteiger partial charge is 0.378 e. The van der Waals surface area contributed by atoms with Crippen LogP contribution in [0.1, 0.15) is 5.69 Å². The van der Waals surface area contributed by atoms with Crippen molar-refractivity contribution in [1.82, 2.24) is 4.98 Å².